The number of carbonyl (C=O) groups excluding carboxylic acids is 2. The minimum absolute atomic E-state index is 0.0586. The van der Waals surface area contributed by atoms with E-state index in [1.54, 1.807) is 6.92 Å². The Labute approximate surface area is 132 Å². The molecule has 5 nitrogen and oxygen atoms in total. The van der Waals surface area contributed by atoms with Gasteiger partial charge in [-0.1, -0.05) is 6.07 Å². The van der Waals surface area contributed by atoms with E-state index in [9.17, 15) is 9.59 Å². The fourth-order valence-electron chi connectivity index (χ4n) is 2.54. The maximum absolute atomic E-state index is 12.3. The van der Waals surface area contributed by atoms with E-state index in [0.717, 1.165) is 31.9 Å². The first-order valence-corrected chi connectivity index (χ1v) is 7.69. The molecule has 0 bridgehead atoms. The molecule has 0 unspecified atom stereocenters. The maximum atomic E-state index is 12.3. The number of hydrogen-bond donors (Lipinski definition) is 1. The van der Waals surface area contributed by atoms with Gasteiger partial charge in [-0.15, -0.1) is 0 Å². The number of nitrogens with zero attached hydrogens (tertiary/aromatic N) is 2. The van der Waals surface area contributed by atoms with Gasteiger partial charge in [0.25, 0.3) is 5.91 Å². The second-order valence-electron chi connectivity index (χ2n) is 6.75. The van der Waals surface area contributed by atoms with E-state index < -0.39 is 0 Å². The maximum Gasteiger partial charge on any atom is 0.251 e. The van der Waals surface area contributed by atoms with Gasteiger partial charge in [-0.25, -0.2) is 0 Å². The van der Waals surface area contributed by atoms with E-state index in [1.807, 2.05) is 49.9 Å². The average molecular weight is 303 g/mol. The first-order valence-electron chi connectivity index (χ1n) is 7.69. The molecular formula is C17H25N3O2. The fourth-order valence-corrected chi connectivity index (χ4v) is 2.54. The molecule has 0 spiro atoms. The summed E-state index contributed by atoms with van der Waals surface area (Å²) in [5, 5.41) is 2.98. The van der Waals surface area contributed by atoms with Crippen LogP contribution in [0.5, 0.6) is 0 Å². The Morgan fingerprint density at radius 3 is 2.27 bits per heavy atom. The molecule has 1 fully saturated rings. The summed E-state index contributed by atoms with van der Waals surface area (Å²) in [5.74, 6) is 0.0645. The molecule has 5 heteroatoms. The summed E-state index contributed by atoms with van der Waals surface area (Å²) < 4.78 is 0. The third-order valence-electron chi connectivity index (χ3n) is 3.69. The molecule has 1 aromatic carbocycles. The summed E-state index contributed by atoms with van der Waals surface area (Å²) in [4.78, 5) is 27.7. The van der Waals surface area contributed by atoms with Crippen LogP contribution in [0.25, 0.3) is 0 Å². The zero-order valence-electron chi connectivity index (χ0n) is 13.8. The Morgan fingerprint density at radius 2 is 1.73 bits per heavy atom. The average Bonchev–Trinajstić information content (AvgIpc) is 2.46. The van der Waals surface area contributed by atoms with Crippen LogP contribution in [-0.4, -0.2) is 48.4 Å². The predicted octanol–water partition coefficient (Wildman–Crippen LogP) is 1.88. The Hall–Kier alpha value is -2.04. The number of piperazine rings is 1. The van der Waals surface area contributed by atoms with Gasteiger partial charge in [0.05, 0.1) is 0 Å². The Morgan fingerprint density at radius 1 is 1.09 bits per heavy atom. The van der Waals surface area contributed by atoms with Crippen LogP contribution in [0.15, 0.2) is 24.3 Å². The van der Waals surface area contributed by atoms with E-state index >= 15 is 0 Å². The highest BCUT2D eigenvalue weighted by Gasteiger charge is 2.20. The Balaban J connectivity index is 2.06. The van der Waals surface area contributed by atoms with Crippen LogP contribution in [0.1, 0.15) is 38.1 Å². The quantitative estimate of drug-likeness (QED) is 0.907. The standard InChI is InChI=1S/C17H25N3O2/c1-13(21)19-8-10-20(11-9-19)15-7-5-6-14(12-15)16(22)18-17(2,3)4/h5-7,12H,8-11H2,1-4H3,(H,18,22). The lowest BCUT2D eigenvalue weighted by atomic mass is 10.1. The van der Waals surface area contributed by atoms with Gasteiger partial charge < -0.3 is 15.1 Å². The molecule has 1 heterocycles. The van der Waals surface area contributed by atoms with Crippen molar-refractivity contribution < 1.29 is 9.59 Å². The monoisotopic (exact) mass is 303 g/mol. The molecule has 0 saturated carbocycles. The van der Waals surface area contributed by atoms with Gasteiger partial charge in [0, 0.05) is 49.9 Å². The normalized spacial score (nSPS) is 15.6. The number of amides is 2. The summed E-state index contributed by atoms with van der Waals surface area (Å²) in [6.07, 6.45) is 0. The van der Waals surface area contributed by atoms with E-state index in [1.165, 1.54) is 0 Å². The van der Waals surface area contributed by atoms with E-state index in [0.29, 0.717) is 5.56 Å². The molecule has 0 aliphatic carbocycles. The van der Waals surface area contributed by atoms with Crippen LogP contribution >= 0.6 is 0 Å². The second kappa shape index (κ2) is 6.38. The zero-order chi connectivity index (χ0) is 16.3. The van der Waals surface area contributed by atoms with Crippen LogP contribution in [-0.2, 0) is 4.79 Å². The van der Waals surface area contributed by atoms with Crippen molar-refractivity contribution in [3.8, 4) is 0 Å². The van der Waals surface area contributed by atoms with Gasteiger partial charge in [0.1, 0.15) is 0 Å². The molecule has 1 saturated heterocycles. The summed E-state index contributed by atoms with van der Waals surface area (Å²) in [7, 11) is 0. The smallest absolute Gasteiger partial charge is 0.251 e. The third kappa shape index (κ3) is 4.23. The van der Waals surface area contributed by atoms with Crippen LogP contribution in [0.3, 0.4) is 0 Å². The number of nitrogens with one attached hydrogen (secondary N) is 1. The van der Waals surface area contributed by atoms with Crippen molar-refractivity contribution in [2.45, 2.75) is 33.2 Å². The molecule has 2 amide bonds. The van der Waals surface area contributed by atoms with Crippen molar-refractivity contribution in [1.29, 1.82) is 0 Å². The van der Waals surface area contributed by atoms with Crippen molar-refractivity contribution in [3.05, 3.63) is 29.8 Å². The summed E-state index contributed by atoms with van der Waals surface area (Å²) in [6.45, 7) is 10.6. The first kappa shape index (κ1) is 16.3. The second-order valence-corrected chi connectivity index (χ2v) is 6.75. The highest BCUT2D eigenvalue weighted by atomic mass is 16.2. The van der Waals surface area contributed by atoms with Gasteiger partial charge in [-0.3, -0.25) is 9.59 Å². The third-order valence-corrected chi connectivity index (χ3v) is 3.69. The lowest BCUT2D eigenvalue weighted by Gasteiger charge is -2.35. The topological polar surface area (TPSA) is 52.7 Å². The van der Waals surface area contributed by atoms with Gasteiger partial charge in [-0.2, -0.15) is 0 Å². The highest BCUT2D eigenvalue weighted by Crippen LogP contribution is 2.18. The lowest BCUT2D eigenvalue weighted by Crippen LogP contribution is -2.48. The van der Waals surface area contributed by atoms with Gasteiger partial charge in [0.15, 0.2) is 0 Å². The van der Waals surface area contributed by atoms with Crippen molar-refractivity contribution in [1.82, 2.24) is 10.2 Å². The van der Waals surface area contributed by atoms with Crippen LogP contribution in [0.2, 0.25) is 0 Å². The molecule has 1 N–H and O–H groups in total. The number of anilines is 1. The fraction of sp³-hybridized carbons (Fsp3) is 0.529. The molecule has 2 rings (SSSR count). The number of rotatable bonds is 2. The summed E-state index contributed by atoms with van der Waals surface area (Å²) in [6, 6.07) is 7.67. The Bertz CT molecular complexity index is 555. The van der Waals surface area contributed by atoms with Crippen LogP contribution in [0, 0.1) is 0 Å². The zero-order valence-corrected chi connectivity index (χ0v) is 13.8. The van der Waals surface area contributed by atoms with Crippen LogP contribution < -0.4 is 10.2 Å². The minimum atomic E-state index is -0.250. The molecule has 0 aromatic heterocycles. The van der Waals surface area contributed by atoms with Gasteiger partial charge in [0.2, 0.25) is 5.91 Å². The van der Waals surface area contributed by atoms with Crippen molar-refractivity contribution in [2.75, 3.05) is 31.1 Å². The largest absolute Gasteiger partial charge is 0.368 e. The molecule has 1 aliphatic rings. The minimum Gasteiger partial charge on any atom is -0.368 e. The number of carbonyl (C=O) groups is 2. The van der Waals surface area contributed by atoms with Crippen molar-refractivity contribution >= 4 is 17.5 Å². The highest BCUT2D eigenvalue weighted by molar-refractivity contribution is 5.95. The molecule has 120 valence electrons. The molecule has 1 aromatic rings. The number of hydrogen-bond acceptors (Lipinski definition) is 3. The number of benzene rings is 1. The molecular weight excluding hydrogens is 278 g/mol. The van der Waals surface area contributed by atoms with Crippen molar-refractivity contribution in [3.63, 3.8) is 0 Å². The molecule has 1 aliphatic heterocycles. The predicted molar refractivity (Wildman–Crippen MR) is 88.1 cm³/mol. The Kier molecular flexibility index (Phi) is 4.74. The SMILES string of the molecule is CC(=O)N1CCN(c2cccc(C(=O)NC(C)(C)C)c2)CC1. The summed E-state index contributed by atoms with van der Waals surface area (Å²) in [5.41, 5.74) is 1.45. The first-order chi connectivity index (χ1) is 10.3. The van der Waals surface area contributed by atoms with E-state index in [-0.39, 0.29) is 17.4 Å². The van der Waals surface area contributed by atoms with E-state index in [2.05, 4.69) is 10.2 Å². The molecule has 0 atom stereocenters. The summed E-state index contributed by atoms with van der Waals surface area (Å²) >= 11 is 0. The van der Waals surface area contributed by atoms with Crippen LogP contribution in [0.4, 0.5) is 5.69 Å². The van der Waals surface area contributed by atoms with Crippen molar-refractivity contribution in [2.24, 2.45) is 0 Å². The van der Waals surface area contributed by atoms with Gasteiger partial charge in [-0.05, 0) is 39.0 Å². The lowest BCUT2D eigenvalue weighted by molar-refractivity contribution is -0.129. The van der Waals surface area contributed by atoms with E-state index in [4.69, 9.17) is 0 Å². The molecule has 0 radical (unpaired) electrons. The van der Waals surface area contributed by atoms with Gasteiger partial charge >= 0.3 is 0 Å². The molecule has 22 heavy (non-hydrogen) atoms.